The Labute approximate surface area is 134 Å². The molecule has 0 unspecified atom stereocenters. The van der Waals surface area contributed by atoms with Crippen molar-refractivity contribution in [3.8, 4) is 11.1 Å². The van der Waals surface area contributed by atoms with E-state index in [4.69, 9.17) is 0 Å². The van der Waals surface area contributed by atoms with Gasteiger partial charge >= 0.3 is 0 Å². The third kappa shape index (κ3) is 5.65. The fourth-order valence-electron chi connectivity index (χ4n) is 1.83. The molecule has 2 rings (SSSR count). The van der Waals surface area contributed by atoms with Crippen molar-refractivity contribution in [2.24, 2.45) is 0 Å². The average Bonchev–Trinajstić information content (AvgIpc) is 2.58. The van der Waals surface area contributed by atoms with Crippen molar-refractivity contribution in [1.82, 2.24) is 0 Å². The van der Waals surface area contributed by atoms with Gasteiger partial charge in [-0.2, -0.15) is 0 Å². The third-order valence-corrected chi connectivity index (χ3v) is 2.85. The highest BCUT2D eigenvalue weighted by Gasteiger charge is 2.08. The number of rotatable bonds is 3. The van der Waals surface area contributed by atoms with E-state index in [2.05, 4.69) is 0 Å². The molecule has 0 aliphatic carbocycles. The van der Waals surface area contributed by atoms with Gasteiger partial charge in [-0.3, -0.25) is 9.59 Å². The highest BCUT2D eigenvalue weighted by atomic mass is 16.1. The zero-order valence-electron chi connectivity index (χ0n) is 14.4. The van der Waals surface area contributed by atoms with Crippen LogP contribution in [0.3, 0.4) is 0 Å². The quantitative estimate of drug-likeness (QED) is 0.670. The van der Waals surface area contributed by atoms with Gasteiger partial charge < -0.3 is 0 Å². The molecule has 0 N–H and O–H groups in total. The maximum atomic E-state index is 11.5. The molecule has 22 heavy (non-hydrogen) atoms. The summed E-state index contributed by atoms with van der Waals surface area (Å²) < 4.78 is 0. The number of benzene rings is 2. The molecule has 0 aliphatic rings. The molecule has 0 heterocycles. The predicted octanol–water partition coefficient (Wildman–Crippen LogP) is 5.81. The first kappa shape index (κ1) is 19.8. The molecular formula is C20H26O2. The summed E-state index contributed by atoms with van der Waals surface area (Å²) in [5.74, 6) is -0.0643. The monoisotopic (exact) mass is 298 g/mol. The van der Waals surface area contributed by atoms with Gasteiger partial charge in [0.2, 0.25) is 0 Å². The second-order valence-corrected chi connectivity index (χ2v) is 4.28. The van der Waals surface area contributed by atoms with E-state index in [1.54, 1.807) is 6.07 Å². The minimum Gasteiger partial charge on any atom is -0.295 e. The molecule has 2 heteroatoms. The van der Waals surface area contributed by atoms with Crippen LogP contribution in [0.5, 0.6) is 0 Å². The lowest BCUT2D eigenvalue weighted by atomic mass is 9.97. The van der Waals surface area contributed by atoms with Crippen molar-refractivity contribution in [3.63, 3.8) is 0 Å². The van der Waals surface area contributed by atoms with Gasteiger partial charge in [-0.1, -0.05) is 58.0 Å². The summed E-state index contributed by atoms with van der Waals surface area (Å²) in [7, 11) is 0. The summed E-state index contributed by atoms with van der Waals surface area (Å²) in [4.78, 5) is 23.0. The molecule has 0 atom stereocenters. The van der Waals surface area contributed by atoms with Crippen LogP contribution in [-0.2, 0) is 0 Å². The second kappa shape index (κ2) is 10.5. The number of carbonyl (C=O) groups excluding carboxylic acids is 2. The molecular weight excluding hydrogens is 272 g/mol. The standard InChI is InChI=1S/C16H14O2.2C2H6/c1-11(17)14-8-15(12(2)18)10-16(9-14)13-6-4-3-5-7-13;2*1-2/h3-10H,1-2H3;2*1-2H3. The third-order valence-electron chi connectivity index (χ3n) is 2.85. The summed E-state index contributed by atoms with van der Waals surface area (Å²) >= 11 is 0. The SMILES string of the molecule is CC.CC.CC(=O)c1cc(C(C)=O)cc(-c2ccccc2)c1. The first-order valence-corrected chi connectivity index (χ1v) is 7.80. The Morgan fingerprint density at radius 1 is 0.636 bits per heavy atom. The van der Waals surface area contributed by atoms with E-state index in [0.717, 1.165) is 11.1 Å². The maximum absolute atomic E-state index is 11.5. The van der Waals surface area contributed by atoms with Crippen LogP contribution in [0.4, 0.5) is 0 Å². The summed E-state index contributed by atoms with van der Waals surface area (Å²) in [6, 6.07) is 15.0. The molecule has 0 amide bonds. The van der Waals surface area contributed by atoms with Gasteiger partial charge in [0.1, 0.15) is 0 Å². The van der Waals surface area contributed by atoms with Crippen molar-refractivity contribution in [3.05, 3.63) is 59.7 Å². The summed E-state index contributed by atoms with van der Waals surface area (Å²) in [5.41, 5.74) is 3.04. The molecule has 2 aromatic carbocycles. The number of carbonyl (C=O) groups is 2. The highest BCUT2D eigenvalue weighted by molar-refractivity contribution is 6.01. The van der Waals surface area contributed by atoms with Crippen LogP contribution >= 0.6 is 0 Å². The Kier molecular flexibility index (Phi) is 9.44. The summed E-state index contributed by atoms with van der Waals surface area (Å²) in [6.45, 7) is 11.0. The molecule has 0 radical (unpaired) electrons. The predicted molar refractivity (Wildman–Crippen MR) is 94.6 cm³/mol. The number of ketones is 2. The van der Waals surface area contributed by atoms with Crippen LogP contribution in [0, 0.1) is 0 Å². The number of hydrogen-bond donors (Lipinski definition) is 0. The minimum atomic E-state index is -0.0321. The fraction of sp³-hybridized carbons (Fsp3) is 0.300. The zero-order valence-corrected chi connectivity index (χ0v) is 14.4. The molecule has 0 saturated carbocycles. The van der Waals surface area contributed by atoms with Crippen LogP contribution in [0.25, 0.3) is 11.1 Å². The van der Waals surface area contributed by atoms with Gasteiger partial charge in [-0.25, -0.2) is 0 Å². The summed E-state index contributed by atoms with van der Waals surface area (Å²) in [5, 5.41) is 0. The van der Waals surface area contributed by atoms with Gasteiger partial charge in [0.25, 0.3) is 0 Å². The zero-order chi connectivity index (χ0) is 17.1. The first-order valence-electron chi connectivity index (χ1n) is 7.80. The molecule has 0 bridgehead atoms. The largest absolute Gasteiger partial charge is 0.295 e. The Morgan fingerprint density at radius 2 is 1.05 bits per heavy atom. The fourth-order valence-corrected chi connectivity index (χ4v) is 1.83. The minimum absolute atomic E-state index is 0.0321. The lowest BCUT2D eigenvalue weighted by Gasteiger charge is -2.06. The highest BCUT2D eigenvalue weighted by Crippen LogP contribution is 2.23. The van der Waals surface area contributed by atoms with Crippen molar-refractivity contribution in [2.75, 3.05) is 0 Å². The van der Waals surface area contributed by atoms with Crippen LogP contribution in [0.15, 0.2) is 48.5 Å². The second-order valence-electron chi connectivity index (χ2n) is 4.28. The van der Waals surface area contributed by atoms with E-state index < -0.39 is 0 Å². The lowest BCUT2D eigenvalue weighted by molar-refractivity contribution is 0.101. The van der Waals surface area contributed by atoms with E-state index in [0.29, 0.717) is 11.1 Å². The van der Waals surface area contributed by atoms with Crippen molar-refractivity contribution in [1.29, 1.82) is 0 Å². The van der Waals surface area contributed by atoms with Gasteiger partial charge in [0.05, 0.1) is 0 Å². The van der Waals surface area contributed by atoms with Crippen LogP contribution in [0.2, 0.25) is 0 Å². The van der Waals surface area contributed by atoms with Gasteiger partial charge in [0.15, 0.2) is 11.6 Å². The van der Waals surface area contributed by atoms with Crippen LogP contribution < -0.4 is 0 Å². The van der Waals surface area contributed by atoms with E-state index >= 15 is 0 Å². The number of hydrogen-bond acceptors (Lipinski definition) is 2. The van der Waals surface area contributed by atoms with E-state index in [9.17, 15) is 9.59 Å². The Bertz CT molecular complexity index is 566. The lowest BCUT2D eigenvalue weighted by Crippen LogP contribution is -1.99. The molecule has 2 aromatic rings. The van der Waals surface area contributed by atoms with Gasteiger partial charge in [0, 0.05) is 11.1 Å². The maximum Gasteiger partial charge on any atom is 0.159 e. The Hall–Kier alpha value is -2.22. The molecule has 0 saturated heterocycles. The molecule has 0 fully saturated rings. The topological polar surface area (TPSA) is 34.1 Å². The van der Waals surface area contributed by atoms with Gasteiger partial charge in [-0.05, 0) is 43.2 Å². The smallest absolute Gasteiger partial charge is 0.159 e. The normalized spacial score (nSPS) is 8.82. The molecule has 0 spiro atoms. The molecule has 2 nitrogen and oxygen atoms in total. The number of Topliss-reactive ketones (excluding diaryl/α,β-unsaturated/α-hetero) is 2. The van der Waals surface area contributed by atoms with Crippen molar-refractivity contribution >= 4 is 11.6 Å². The molecule has 118 valence electrons. The summed E-state index contributed by atoms with van der Waals surface area (Å²) in [6.07, 6.45) is 0. The van der Waals surface area contributed by atoms with Crippen molar-refractivity contribution < 1.29 is 9.59 Å². The van der Waals surface area contributed by atoms with Crippen LogP contribution in [-0.4, -0.2) is 11.6 Å². The van der Waals surface area contributed by atoms with Crippen molar-refractivity contribution in [2.45, 2.75) is 41.5 Å². The molecule has 0 aromatic heterocycles. The molecule has 0 aliphatic heterocycles. The van der Waals surface area contributed by atoms with E-state index in [-0.39, 0.29) is 11.6 Å². The Morgan fingerprint density at radius 3 is 1.41 bits per heavy atom. The average molecular weight is 298 g/mol. The van der Waals surface area contributed by atoms with E-state index in [1.165, 1.54) is 13.8 Å². The van der Waals surface area contributed by atoms with Crippen LogP contribution in [0.1, 0.15) is 62.3 Å². The Balaban J connectivity index is 0.00000102. The first-order chi connectivity index (χ1) is 10.6. The van der Waals surface area contributed by atoms with E-state index in [1.807, 2.05) is 70.2 Å². The van der Waals surface area contributed by atoms with Gasteiger partial charge in [-0.15, -0.1) is 0 Å².